The third-order valence-corrected chi connectivity index (χ3v) is 4.24. The van der Waals surface area contributed by atoms with Crippen molar-refractivity contribution in [3.8, 4) is 11.5 Å². The molecule has 2 atom stereocenters. The standard InChI is InChI=1S/C18H26O2Si/c1-15(16(2)12-14-21(3,4)5)11-13-20-18(19)17-9-7-6-8-10-17/h6-10,15-16H,11,13H2,1-5H3. The molecule has 0 saturated heterocycles. The van der Waals surface area contributed by atoms with E-state index in [1.54, 1.807) is 12.1 Å². The highest BCUT2D eigenvalue weighted by molar-refractivity contribution is 6.83. The average Bonchev–Trinajstić information content (AvgIpc) is 2.44. The van der Waals surface area contributed by atoms with Gasteiger partial charge >= 0.3 is 5.97 Å². The first-order valence-corrected chi connectivity index (χ1v) is 11.0. The second kappa shape index (κ2) is 8.04. The van der Waals surface area contributed by atoms with Gasteiger partial charge in [-0.15, -0.1) is 11.5 Å². The number of carbonyl (C=O) groups excluding carboxylic acids is 1. The van der Waals surface area contributed by atoms with Gasteiger partial charge in [-0.05, 0) is 24.5 Å². The Morgan fingerprint density at radius 2 is 1.81 bits per heavy atom. The quantitative estimate of drug-likeness (QED) is 0.458. The van der Waals surface area contributed by atoms with Crippen molar-refractivity contribution in [2.75, 3.05) is 6.61 Å². The molecule has 1 rings (SSSR count). The molecule has 0 aliphatic rings. The van der Waals surface area contributed by atoms with Crippen molar-refractivity contribution < 1.29 is 9.53 Å². The van der Waals surface area contributed by atoms with Gasteiger partial charge in [0.15, 0.2) is 0 Å². The van der Waals surface area contributed by atoms with E-state index in [0.717, 1.165) is 6.42 Å². The molecule has 21 heavy (non-hydrogen) atoms. The fourth-order valence-corrected chi connectivity index (χ4v) is 2.38. The Hall–Kier alpha value is -1.53. The zero-order valence-electron chi connectivity index (χ0n) is 13.8. The van der Waals surface area contributed by atoms with E-state index in [4.69, 9.17) is 4.74 Å². The van der Waals surface area contributed by atoms with Gasteiger partial charge in [-0.1, -0.05) is 51.7 Å². The van der Waals surface area contributed by atoms with Crippen molar-refractivity contribution in [3.63, 3.8) is 0 Å². The van der Waals surface area contributed by atoms with Gasteiger partial charge in [0.25, 0.3) is 0 Å². The Bertz CT molecular complexity index is 506. The highest BCUT2D eigenvalue weighted by Crippen LogP contribution is 2.15. The van der Waals surface area contributed by atoms with E-state index in [0.29, 0.717) is 24.0 Å². The fourth-order valence-electron chi connectivity index (χ4n) is 1.72. The molecule has 114 valence electrons. The summed E-state index contributed by atoms with van der Waals surface area (Å²) < 4.78 is 5.32. The van der Waals surface area contributed by atoms with Crippen LogP contribution in [0.3, 0.4) is 0 Å². The normalized spacial score (nSPS) is 13.8. The van der Waals surface area contributed by atoms with E-state index in [1.165, 1.54) is 0 Å². The SMILES string of the molecule is CC(C#C[Si](C)(C)C)C(C)CCOC(=O)c1ccccc1. The summed E-state index contributed by atoms with van der Waals surface area (Å²) in [6.07, 6.45) is 0.847. The third kappa shape index (κ3) is 7.15. The zero-order chi connectivity index (χ0) is 15.9. The van der Waals surface area contributed by atoms with Crippen molar-refractivity contribution in [2.45, 2.75) is 39.9 Å². The second-order valence-corrected chi connectivity index (χ2v) is 11.3. The maximum Gasteiger partial charge on any atom is 0.338 e. The van der Waals surface area contributed by atoms with Gasteiger partial charge in [0, 0.05) is 5.92 Å². The summed E-state index contributed by atoms with van der Waals surface area (Å²) in [7, 11) is -1.31. The fraction of sp³-hybridized carbons (Fsp3) is 0.500. The number of hydrogen-bond donors (Lipinski definition) is 0. The van der Waals surface area contributed by atoms with Crippen molar-refractivity contribution in [3.05, 3.63) is 35.9 Å². The monoisotopic (exact) mass is 302 g/mol. The first-order valence-electron chi connectivity index (χ1n) is 7.54. The van der Waals surface area contributed by atoms with Crippen molar-refractivity contribution in [1.82, 2.24) is 0 Å². The Kier molecular flexibility index (Phi) is 6.71. The lowest BCUT2D eigenvalue weighted by molar-refractivity contribution is 0.0480. The molecule has 0 aliphatic carbocycles. The molecule has 2 nitrogen and oxygen atoms in total. The zero-order valence-corrected chi connectivity index (χ0v) is 14.8. The lowest BCUT2D eigenvalue weighted by atomic mass is 9.94. The van der Waals surface area contributed by atoms with Crippen LogP contribution >= 0.6 is 0 Å². The van der Waals surface area contributed by atoms with Crippen LogP contribution in [-0.4, -0.2) is 20.7 Å². The van der Waals surface area contributed by atoms with E-state index in [9.17, 15) is 4.79 Å². The smallest absolute Gasteiger partial charge is 0.338 e. The lowest BCUT2D eigenvalue weighted by Crippen LogP contribution is -2.18. The number of esters is 1. The van der Waals surface area contributed by atoms with E-state index in [1.807, 2.05) is 18.2 Å². The molecule has 0 amide bonds. The summed E-state index contributed by atoms with van der Waals surface area (Å²) in [6, 6.07) is 9.11. The largest absolute Gasteiger partial charge is 0.462 e. The number of benzene rings is 1. The van der Waals surface area contributed by atoms with E-state index < -0.39 is 8.07 Å². The van der Waals surface area contributed by atoms with Crippen LogP contribution < -0.4 is 0 Å². The van der Waals surface area contributed by atoms with Crippen LogP contribution in [0.15, 0.2) is 30.3 Å². The predicted molar refractivity (Wildman–Crippen MR) is 90.8 cm³/mol. The Morgan fingerprint density at radius 1 is 1.19 bits per heavy atom. The van der Waals surface area contributed by atoms with E-state index in [-0.39, 0.29) is 5.97 Å². The van der Waals surface area contributed by atoms with E-state index in [2.05, 4.69) is 45.0 Å². The summed E-state index contributed by atoms with van der Waals surface area (Å²) in [5, 5.41) is 0. The van der Waals surface area contributed by atoms with Gasteiger partial charge in [-0.2, -0.15) is 0 Å². The minimum absolute atomic E-state index is 0.247. The highest BCUT2D eigenvalue weighted by atomic mass is 28.3. The molecule has 0 aliphatic heterocycles. The van der Waals surface area contributed by atoms with Gasteiger partial charge in [-0.25, -0.2) is 4.79 Å². The maximum atomic E-state index is 11.8. The number of ether oxygens (including phenoxy) is 1. The molecule has 3 heteroatoms. The predicted octanol–water partition coefficient (Wildman–Crippen LogP) is 4.39. The molecule has 0 aromatic heterocycles. The van der Waals surface area contributed by atoms with Crippen LogP contribution in [0, 0.1) is 23.3 Å². The maximum absolute atomic E-state index is 11.8. The first-order chi connectivity index (χ1) is 9.79. The van der Waals surface area contributed by atoms with E-state index >= 15 is 0 Å². The summed E-state index contributed by atoms with van der Waals surface area (Å²) in [4.78, 5) is 11.8. The second-order valence-electron chi connectivity index (χ2n) is 6.58. The minimum atomic E-state index is -1.31. The summed E-state index contributed by atoms with van der Waals surface area (Å²) >= 11 is 0. The molecule has 2 unspecified atom stereocenters. The number of rotatable bonds is 5. The van der Waals surface area contributed by atoms with Gasteiger partial charge in [0.1, 0.15) is 8.07 Å². The summed E-state index contributed by atoms with van der Waals surface area (Å²) in [5.74, 6) is 3.88. The van der Waals surface area contributed by atoms with Crippen LogP contribution in [0.2, 0.25) is 19.6 Å². The van der Waals surface area contributed by atoms with Crippen LogP contribution in [0.5, 0.6) is 0 Å². The molecule has 1 aromatic rings. The van der Waals surface area contributed by atoms with Crippen LogP contribution in [0.25, 0.3) is 0 Å². The van der Waals surface area contributed by atoms with Crippen molar-refractivity contribution >= 4 is 14.0 Å². The van der Waals surface area contributed by atoms with Crippen molar-refractivity contribution in [2.24, 2.45) is 11.8 Å². The molecular weight excluding hydrogens is 276 g/mol. The average molecular weight is 302 g/mol. The number of hydrogen-bond acceptors (Lipinski definition) is 2. The Morgan fingerprint density at radius 3 is 2.38 bits per heavy atom. The van der Waals surface area contributed by atoms with Crippen LogP contribution in [0.1, 0.15) is 30.6 Å². The van der Waals surface area contributed by atoms with Crippen molar-refractivity contribution in [1.29, 1.82) is 0 Å². The molecule has 0 bridgehead atoms. The molecule has 0 radical (unpaired) electrons. The molecule has 1 aromatic carbocycles. The molecular formula is C18H26O2Si. The third-order valence-electron chi connectivity index (χ3n) is 3.34. The molecule has 0 heterocycles. The van der Waals surface area contributed by atoms with Gasteiger partial charge < -0.3 is 4.74 Å². The van der Waals surface area contributed by atoms with Crippen LogP contribution in [-0.2, 0) is 4.74 Å². The molecule has 0 spiro atoms. The molecule has 0 fully saturated rings. The topological polar surface area (TPSA) is 26.3 Å². The van der Waals surface area contributed by atoms with Gasteiger partial charge in [0.2, 0.25) is 0 Å². The summed E-state index contributed by atoms with van der Waals surface area (Å²) in [6.45, 7) is 11.5. The first kappa shape index (κ1) is 17.5. The Labute approximate surface area is 129 Å². The van der Waals surface area contributed by atoms with Crippen LogP contribution in [0.4, 0.5) is 0 Å². The van der Waals surface area contributed by atoms with Gasteiger partial charge in [0.05, 0.1) is 12.2 Å². The lowest BCUT2D eigenvalue weighted by Gasteiger charge is -2.15. The molecule has 0 saturated carbocycles. The molecule has 0 N–H and O–H groups in total. The summed E-state index contributed by atoms with van der Waals surface area (Å²) in [5.41, 5.74) is 4.02. The number of carbonyl (C=O) groups is 1. The minimum Gasteiger partial charge on any atom is -0.462 e. The highest BCUT2D eigenvalue weighted by Gasteiger charge is 2.13. The van der Waals surface area contributed by atoms with Gasteiger partial charge in [-0.3, -0.25) is 0 Å². The Balaban J connectivity index is 2.38.